The number of thiocarbonyl (C=S) groups is 1. The Hall–Kier alpha value is -2.15. The lowest BCUT2D eigenvalue weighted by atomic mass is 10.3. The molecule has 16 heavy (non-hydrogen) atoms. The zero-order valence-corrected chi connectivity index (χ0v) is 8.64. The molecule has 0 aliphatic carbocycles. The zero-order chi connectivity index (χ0) is 11.5. The quantitative estimate of drug-likeness (QED) is 0.625. The molecule has 0 aromatic carbocycles. The first-order chi connectivity index (χ1) is 7.68. The van der Waals surface area contributed by atoms with Crippen LogP contribution in [0.15, 0.2) is 28.9 Å². The highest BCUT2D eigenvalue weighted by atomic mass is 32.1. The lowest BCUT2D eigenvalue weighted by Gasteiger charge is -1.91. The number of carboxylic acids is 1. The van der Waals surface area contributed by atoms with Gasteiger partial charge in [0, 0.05) is 12.4 Å². The average molecular weight is 235 g/mol. The summed E-state index contributed by atoms with van der Waals surface area (Å²) in [6.45, 7) is 0. The van der Waals surface area contributed by atoms with Gasteiger partial charge in [-0.2, -0.15) is 0 Å². The smallest absolute Gasteiger partial charge is 0.352 e. The first-order valence-electron chi connectivity index (χ1n) is 4.20. The molecule has 0 aliphatic rings. The van der Waals surface area contributed by atoms with Crippen LogP contribution in [0.2, 0.25) is 0 Å². The SMILES string of the molecule is O=C(O)C(=S)c1nnc(-c2cccnc2)o1. The van der Waals surface area contributed by atoms with Crippen LogP contribution in [0.3, 0.4) is 0 Å². The molecule has 0 unspecified atom stereocenters. The lowest BCUT2D eigenvalue weighted by Crippen LogP contribution is -2.11. The van der Waals surface area contributed by atoms with Crippen LogP contribution < -0.4 is 0 Å². The second-order valence-corrected chi connectivity index (χ2v) is 3.20. The molecule has 7 heteroatoms. The number of carboxylic acid groups (broad SMARTS) is 1. The molecular formula is C9H5N3O3S. The van der Waals surface area contributed by atoms with E-state index in [1.807, 2.05) is 0 Å². The summed E-state index contributed by atoms with van der Waals surface area (Å²) < 4.78 is 5.11. The number of pyridine rings is 1. The number of hydrogen-bond acceptors (Lipinski definition) is 6. The lowest BCUT2D eigenvalue weighted by molar-refractivity contribution is -0.129. The number of carbonyl (C=O) groups is 1. The molecule has 0 radical (unpaired) electrons. The van der Waals surface area contributed by atoms with E-state index in [1.165, 1.54) is 6.20 Å². The number of aromatic nitrogens is 3. The van der Waals surface area contributed by atoms with E-state index in [4.69, 9.17) is 9.52 Å². The Morgan fingerprint density at radius 2 is 2.25 bits per heavy atom. The summed E-state index contributed by atoms with van der Waals surface area (Å²) in [6, 6.07) is 3.42. The number of nitrogens with zero attached hydrogens (tertiary/aromatic N) is 3. The van der Waals surface area contributed by atoms with Crippen LogP contribution in [0.5, 0.6) is 0 Å². The van der Waals surface area contributed by atoms with Gasteiger partial charge in [-0.25, -0.2) is 4.79 Å². The fraction of sp³-hybridized carbons (Fsp3) is 0. The van der Waals surface area contributed by atoms with E-state index in [0.717, 1.165) is 0 Å². The Kier molecular flexibility index (Phi) is 2.69. The third-order valence-corrected chi connectivity index (χ3v) is 2.07. The van der Waals surface area contributed by atoms with E-state index < -0.39 is 10.8 Å². The predicted molar refractivity (Wildman–Crippen MR) is 56.9 cm³/mol. The minimum Gasteiger partial charge on any atom is -0.477 e. The fourth-order valence-corrected chi connectivity index (χ4v) is 1.09. The molecular weight excluding hydrogens is 230 g/mol. The number of aliphatic carboxylic acids is 1. The van der Waals surface area contributed by atoms with E-state index in [-0.39, 0.29) is 11.8 Å². The van der Waals surface area contributed by atoms with Gasteiger partial charge in [0.25, 0.3) is 5.89 Å². The van der Waals surface area contributed by atoms with Crippen LogP contribution in [0.1, 0.15) is 5.89 Å². The van der Waals surface area contributed by atoms with Crippen LogP contribution in [0.4, 0.5) is 0 Å². The van der Waals surface area contributed by atoms with Gasteiger partial charge in [0.05, 0.1) is 5.56 Å². The molecule has 0 atom stereocenters. The molecule has 2 heterocycles. The van der Waals surface area contributed by atoms with Crippen LogP contribution >= 0.6 is 12.2 Å². The topological polar surface area (TPSA) is 89.1 Å². The molecule has 2 rings (SSSR count). The van der Waals surface area contributed by atoms with Crippen molar-refractivity contribution in [2.45, 2.75) is 0 Å². The van der Waals surface area contributed by atoms with Crippen molar-refractivity contribution in [3.63, 3.8) is 0 Å². The monoisotopic (exact) mass is 235 g/mol. The minimum atomic E-state index is -1.27. The molecule has 0 saturated carbocycles. The molecule has 0 amide bonds. The highest BCUT2D eigenvalue weighted by Crippen LogP contribution is 2.16. The first kappa shape index (κ1) is 10.4. The highest BCUT2D eigenvalue weighted by Gasteiger charge is 2.17. The van der Waals surface area contributed by atoms with Crippen molar-refractivity contribution in [2.75, 3.05) is 0 Å². The Bertz CT molecular complexity index is 538. The summed E-state index contributed by atoms with van der Waals surface area (Å²) in [4.78, 5) is 14.0. The van der Waals surface area contributed by atoms with Gasteiger partial charge >= 0.3 is 5.97 Å². The van der Waals surface area contributed by atoms with Gasteiger partial charge in [-0.1, -0.05) is 12.2 Å². The summed E-state index contributed by atoms with van der Waals surface area (Å²) in [5.74, 6) is -1.26. The maximum absolute atomic E-state index is 10.6. The third-order valence-electron chi connectivity index (χ3n) is 1.72. The van der Waals surface area contributed by atoms with E-state index >= 15 is 0 Å². The highest BCUT2D eigenvalue weighted by molar-refractivity contribution is 7.82. The summed E-state index contributed by atoms with van der Waals surface area (Å²) in [5, 5.41) is 15.9. The standard InChI is InChI=1S/C9H5N3O3S/c13-9(14)6(16)8-12-11-7(15-8)5-2-1-3-10-4-5/h1-4H,(H,13,14). The second-order valence-electron chi connectivity index (χ2n) is 2.79. The van der Waals surface area contributed by atoms with Gasteiger partial charge in [-0.15, -0.1) is 10.2 Å². The molecule has 0 spiro atoms. The summed E-state index contributed by atoms with van der Waals surface area (Å²) in [5.41, 5.74) is 0.606. The van der Waals surface area contributed by atoms with Crippen molar-refractivity contribution in [1.82, 2.24) is 15.2 Å². The Morgan fingerprint density at radius 3 is 2.88 bits per heavy atom. The summed E-state index contributed by atoms with van der Waals surface area (Å²) >= 11 is 4.60. The van der Waals surface area contributed by atoms with Crippen molar-refractivity contribution >= 4 is 23.1 Å². The molecule has 0 fully saturated rings. The predicted octanol–water partition coefficient (Wildman–Crippen LogP) is 0.934. The van der Waals surface area contributed by atoms with Gasteiger partial charge in [0.1, 0.15) is 0 Å². The van der Waals surface area contributed by atoms with E-state index in [9.17, 15) is 4.79 Å². The maximum Gasteiger partial charge on any atom is 0.352 e. The largest absolute Gasteiger partial charge is 0.477 e. The molecule has 80 valence electrons. The van der Waals surface area contributed by atoms with Gasteiger partial charge < -0.3 is 9.52 Å². The normalized spacial score (nSPS) is 10.0. The molecule has 1 N–H and O–H groups in total. The maximum atomic E-state index is 10.6. The summed E-state index contributed by atoms with van der Waals surface area (Å²) in [7, 11) is 0. The van der Waals surface area contributed by atoms with Crippen molar-refractivity contribution in [3.8, 4) is 11.5 Å². The summed E-state index contributed by atoms with van der Waals surface area (Å²) in [6.07, 6.45) is 3.13. The van der Waals surface area contributed by atoms with Gasteiger partial charge in [0.15, 0.2) is 4.86 Å². The molecule has 0 bridgehead atoms. The van der Waals surface area contributed by atoms with E-state index in [1.54, 1.807) is 18.3 Å². The third kappa shape index (κ3) is 1.94. The average Bonchev–Trinajstić information content (AvgIpc) is 2.78. The first-order valence-corrected chi connectivity index (χ1v) is 4.61. The molecule has 2 aromatic heterocycles. The Labute approximate surface area is 95.0 Å². The van der Waals surface area contributed by atoms with Crippen molar-refractivity contribution in [1.29, 1.82) is 0 Å². The van der Waals surface area contributed by atoms with E-state index in [2.05, 4.69) is 27.4 Å². The van der Waals surface area contributed by atoms with Crippen LogP contribution in [0.25, 0.3) is 11.5 Å². The zero-order valence-electron chi connectivity index (χ0n) is 7.82. The molecule has 6 nitrogen and oxygen atoms in total. The molecule has 0 saturated heterocycles. The number of rotatable bonds is 3. The van der Waals surface area contributed by atoms with Crippen molar-refractivity contribution < 1.29 is 14.3 Å². The van der Waals surface area contributed by atoms with Crippen molar-refractivity contribution in [2.24, 2.45) is 0 Å². The number of hydrogen-bond donors (Lipinski definition) is 1. The van der Waals surface area contributed by atoms with Crippen LogP contribution in [0, 0.1) is 0 Å². The van der Waals surface area contributed by atoms with E-state index in [0.29, 0.717) is 5.56 Å². The van der Waals surface area contributed by atoms with Gasteiger partial charge in [-0.3, -0.25) is 4.98 Å². The van der Waals surface area contributed by atoms with Crippen molar-refractivity contribution in [3.05, 3.63) is 30.4 Å². The Balaban J connectivity index is 2.34. The molecule has 2 aromatic rings. The fourth-order valence-electron chi connectivity index (χ4n) is 1.01. The minimum absolute atomic E-state index is 0.179. The van der Waals surface area contributed by atoms with Crippen LogP contribution in [-0.4, -0.2) is 31.1 Å². The van der Waals surface area contributed by atoms with Gasteiger partial charge in [0.2, 0.25) is 5.89 Å². The van der Waals surface area contributed by atoms with Crippen LogP contribution in [-0.2, 0) is 4.79 Å². The second kappa shape index (κ2) is 4.15. The van der Waals surface area contributed by atoms with Gasteiger partial charge in [-0.05, 0) is 12.1 Å². The Morgan fingerprint density at radius 1 is 1.44 bits per heavy atom. The molecule has 0 aliphatic heterocycles.